The minimum atomic E-state index is -0.0717. The molecule has 0 saturated heterocycles. The molecule has 1 aromatic carbocycles. The monoisotopic (exact) mass is 270 g/mol. The number of nitriles is 1. The third-order valence-electron chi connectivity index (χ3n) is 2.30. The van der Waals surface area contributed by atoms with Gasteiger partial charge in [0.05, 0.1) is 6.07 Å². The van der Waals surface area contributed by atoms with Crippen molar-refractivity contribution in [3.8, 4) is 6.07 Å². The number of benzene rings is 1. The SMILES string of the molecule is CN(Cc1ccc(Cl)cc1Cl)C(=O)CCC#N. The van der Waals surface area contributed by atoms with Crippen molar-refractivity contribution in [3.63, 3.8) is 0 Å². The lowest BCUT2D eigenvalue weighted by Crippen LogP contribution is -2.25. The Bertz CT molecular complexity index is 454. The summed E-state index contributed by atoms with van der Waals surface area (Å²) in [5.41, 5.74) is 0.837. The Balaban J connectivity index is 2.65. The van der Waals surface area contributed by atoms with Gasteiger partial charge in [-0.15, -0.1) is 0 Å². The van der Waals surface area contributed by atoms with Gasteiger partial charge >= 0.3 is 0 Å². The normalized spacial score (nSPS) is 9.76. The summed E-state index contributed by atoms with van der Waals surface area (Å²) in [6, 6.07) is 7.11. The first-order valence-electron chi connectivity index (χ1n) is 5.09. The quantitative estimate of drug-likeness (QED) is 0.843. The first-order chi connectivity index (χ1) is 8.04. The van der Waals surface area contributed by atoms with E-state index in [9.17, 15) is 4.79 Å². The molecule has 3 nitrogen and oxygen atoms in total. The predicted molar refractivity (Wildman–Crippen MR) is 67.8 cm³/mol. The highest BCUT2D eigenvalue weighted by molar-refractivity contribution is 6.35. The van der Waals surface area contributed by atoms with Crippen LogP contribution in [-0.4, -0.2) is 17.9 Å². The van der Waals surface area contributed by atoms with Crippen molar-refractivity contribution in [2.24, 2.45) is 0 Å². The molecular weight excluding hydrogens is 259 g/mol. The van der Waals surface area contributed by atoms with Gasteiger partial charge in [0, 0.05) is 36.5 Å². The minimum absolute atomic E-state index is 0.0717. The summed E-state index contributed by atoms with van der Waals surface area (Å²) in [5, 5.41) is 9.51. The van der Waals surface area contributed by atoms with Crippen molar-refractivity contribution in [2.75, 3.05) is 7.05 Å². The number of carbonyl (C=O) groups is 1. The summed E-state index contributed by atoms with van der Waals surface area (Å²) in [4.78, 5) is 13.1. The zero-order chi connectivity index (χ0) is 12.8. The van der Waals surface area contributed by atoms with Gasteiger partial charge in [0.15, 0.2) is 0 Å². The van der Waals surface area contributed by atoms with E-state index in [2.05, 4.69) is 0 Å². The number of carbonyl (C=O) groups excluding carboxylic acids is 1. The molecule has 0 bridgehead atoms. The maximum absolute atomic E-state index is 11.6. The average molecular weight is 271 g/mol. The summed E-state index contributed by atoms with van der Waals surface area (Å²) in [7, 11) is 1.69. The number of hydrogen-bond acceptors (Lipinski definition) is 2. The molecule has 0 aliphatic carbocycles. The minimum Gasteiger partial charge on any atom is -0.341 e. The van der Waals surface area contributed by atoms with Crippen molar-refractivity contribution in [1.29, 1.82) is 5.26 Å². The van der Waals surface area contributed by atoms with E-state index in [0.29, 0.717) is 16.6 Å². The maximum atomic E-state index is 11.6. The van der Waals surface area contributed by atoms with Gasteiger partial charge in [0.25, 0.3) is 0 Å². The van der Waals surface area contributed by atoms with Crippen LogP contribution in [0.25, 0.3) is 0 Å². The van der Waals surface area contributed by atoms with Gasteiger partial charge in [-0.05, 0) is 17.7 Å². The van der Waals surface area contributed by atoms with E-state index < -0.39 is 0 Å². The highest BCUT2D eigenvalue weighted by Gasteiger charge is 2.10. The van der Waals surface area contributed by atoms with Crippen LogP contribution in [0.4, 0.5) is 0 Å². The lowest BCUT2D eigenvalue weighted by atomic mass is 10.2. The molecule has 1 aromatic rings. The maximum Gasteiger partial charge on any atom is 0.223 e. The van der Waals surface area contributed by atoms with Gasteiger partial charge in [-0.3, -0.25) is 4.79 Å². The van der Waals surface area contributed by atoms with Crippen LogP contribution < -0.4 is 0 Å². The summed E-state index contributed by atoms with van der Waals surface area (Å²) in [5.74, 6) is -0.0717. The summed E-state index contributed by atoms with van der Waals surface area (Å²) in [6.45, 7) is 0.417. The van der Waals surface area contributed by atoms with Crippen LogP contribution in [0.15, 0.2) is 18.2 Å². The average Bonchev–Trinajstić information content (AvgIpc) is 2.29. The number of rotatable bonds is 4. The number of nitrogens with zero attached hydrogens (tertiary/aromatic N) is 2. The molecule has 1 rings (SSSR count). The van der Waals surface area contributed by atoms with Crippen LogP contribution >= 0.6 is 23.2 Å². The van der Waals surface area contributed by atoms with Crippen LogP contribution in [-0.2, 0) is 11.3 Å². The predicted octanol–water partition coefficient (Wildman–Crippen LogP) is 3.26. The standard InChI is InChI=1S/C12H12Cl2N2O/c1-16(12(17)3-2-6-15)8-9-4-5-10(13)7-11(9)14/h4-5,7H,2-3,8H2,1H3. The lowest BCUT2D eigenvalue weighted by Gasteiger charge is -2.17. The Kier molecular flexibility index (Phi) is 5.27. The number of amides is 1. The summed E-state index contributed by atoms with van der Waals surface area (Å²) < 4.78 is 0. The van der Waals surface area contributed by atoms with Gasteiger partial charge in [-0.1, -0.05) is 29.3 Å². The molecule has 0 aromatic heterocycles. The fraction of sp³-hybridized carbons (Fsp3) is 0.333. The van der Waals surface area contributed by atoms with E-state index in [1.165, 1.54) is 0 Å². The molecule has 0 heterocycles. The Hall–Kier alpha value is -1.24. The van der Waals surface area contributed by atoms with Crippen molar-refractivity contribution in [3.05, 3.63) is 33.8 Å². The Morgan fingerprint density at radius 2 is 2.18 bits per heavy atom. The Morgan fingerprint density at radius 1 is 1.47 bits per heavy atom. The van der Waals surface area contributed by atoms with Gasteiger partial charge in [-0.2, -0.15) is 5.26 Å². The third-order valence-corrected chi connectivity index (χ3v) is 2.89. The van der Waals surface area contributed by atoms with Crippen LogP contribution in [0.3, 0.4) is 0 Å². The molecule has 0 unspecified atom stereocenters. The molecule has 0 aliphatic heterocycles. The zero-order valence-electron chi connectivity index (χ0n) is 9.41. The van der Waals surface area contributed by atoms with E-state index in [4.69, 9.17) is 28.5 Å². The fourth-order valence-corrected chi connectivity index (χ4v) is 1.82. The highest BCUT2D eigenvalue weighted by atomic mass is 35.5. The van der Waals surface area contributed by atoms with E-state index in [1.54, 1.807) is 30.1 Å². The summed E-state index contributed by atoms with van der Waals surface area (Å²) in [6.07, 6.45) is 0.468. The fourth-order valence-electron chi connectivity index (χ4n) is 1.35. The van der Waals surface area contributed by atoms with Crippen molar-refractivity contribution in [2.45, 2.75) is 19.4 Å². The first kappa shape index (κ1) is 13.8. The Morgan fingerprint density at radius 3 is 2.76 bits per heavy atom. The van der Waals surface area contributed by atoms with Crippen LogP contribution in [0.2, 0.25) is 10.0 Å². The van der Waals surface area contributed by atoms with E-state index in [-0.39, 0.29) is 18.7 Å². The van der Waals surface area contributed by atoms with Crippen LogP contribution in [0.1, 0.15) is 18.4 Å². The molecule has 0 spiro atoms. The molecule has 0 radical (unpaired) electrons. The van der Waals surface area contributed by atoms with Gasteiger partial charge in [0.2, 0.25) is 5.91 Å². The van der Waals surface area contributed by atoms with E-state index in [0.717, 1.165) is 5.56 Å². The van der Waals surface area contributed by atoms with Crippen molar-refractivity contribution >= 4 is 29.1 Å². The van der Waals surface area contributed by atoms with Gasteiger partial charge in [0.1, 0.15) is 0 Å². The molecular formula is C12H12Cl2N2O. The molecule has 90 valence electrons. The zero-order valence-corrected chi connectivity index (χ0v) is 10.9. The van der Waals surface area contributed by atoms with E-state index >= 15 is 0 Å². The molecule has 5 heteroatoms. The van der Waals surface area contributed by atoms with Crippen molar-refractivity contribution < 1.29 is 4.79 Å². The first-order valence-corrected chi connectivity index (χ1v) is 5.85. The smallest absolute Gasteiger partial charge is 0.223 e. The second kappa shape index (κ2) is 6.48. The number of halogens is 2. The largest absolute Gasteiger partial charge is 0.341 e. The molecule has 17 heavy (non-hydrogen) atoms. The highest BCUT2D eigenvalue weighted by Crippen LogP contribution is 2.22. The van der Waals surface area contributed by atoms with Gasteiger partial charge < -0.3 is 4.90 Å². The molecule has 0 saturated carbocycles. The molecule has 1 amide bonds. The number of hydrogen-bond donors (Lipinski definition) is 0. The van der Waals surface area contributed by atoms with E-state index in [1.807, 2.05) is 6.07 Å². The molecule has 0 aliphatic rings. The van der Waals surface area contributed by atoms with Crippen LogP contribution in [0, 0.1) is 11.3 Å². The molecule has 0 fully saturated rings. The topological polar surface area (TPSA) is 44.1 Å². The van der Waals surface area contributed by atoms with Crippen LogP contribution in [0.5, 0.6) is 0 Å². The second-order valence-electron chi connectivity index (χ2n) is 3.64. The Labute approximate surface area is 111 Å². The second-order valence-corrected chi connectivity index (χ2v) is 4.49. The third kappa shape index (κ3) is 4.26. The molecule has 0 atom stereocenters. The van der Waals surface area contributed by atoms with Gasteiger partial charge in [-0.25, -0.2) is 0 Å². The summed E-state index contributed by atoms with van der Waals surface area (Å²) >= 11 is 11.8. The van der Waals surface area contributed by atoms with Crippen molar-refractivity contribution in [1.82, 2.24) is 4.90 Å². The lowest BCUT2D eigenvalue weighted by molar-refractivity contribution is -0.130. The molecule has 0 N–H and O–H groups in total.